The summed E-state index contributed by atoms with van der Waals surface area (Å²) in [6.07, 6.45) is -11.0. The average Bonchev–Trinajstić information content (AvgIpc) is 3.53. The number of nitrogens with zero attached hydrogens (tertiary/aromatic N) is 4. The van der Waals surface area contributed by atoms with Gasteiger partial charge in [-0.05, 0) is 12.8 Å². The Balaban J connectivity index is 1.55. The van der Waals surface area contributed by atoms with Gasteiger partial charge in [0, 0.05) is 13.2 Å². The number of aromatic nitrogens is 4. The van der Waals surface area contributed by atoms with E-state index in [9.17, 15) is 48.2 Å². The van der Waals surface area contributed by atoms with Crippen LogP contribution in [0.25, 0.3) is 11.2 Å². The number of anilines is 1. The number of fused-ring (bicyclic) bond motifs is 4. The number of aliphatic hydroxyl groups is 1. The second-order valence-corrected chi connectivity index (χ2v) is 14.6. The van der Waals surface area contributed by atoms with Crippen LogP contribution in [0.4, 0.5) is 5.82 Å². The summed E-state index contributed by atoms with van der Waals surface area (Å²) in [4.78, 5) is 70.3. The summed E-state index contributed by atoms with van der Waals surface area (Å²) in [6, 6.07) is 0. The summed E-state index contributed by atoms with van der Waals surface area (Å²) in [7, 11) is -16.2. The van der Waals surface area contributed by atoms with Crippen LogP contribution in [0.5, 0.6) is 0 Å². The Labute approximate surface area is 271 Å². The second kappa shape index (κ2) is 15.4. The van der Waals surface area contributed by atoms with Crippen LogP contribution in [0.15, 0.2) is 12.7 Å². The van der Waals surface area contributed by atoms with Crippen molar-refractivity contribution in [2.24, 2.45) is 0 Å². The molecule has 2 aromatic rings. The molecule has 9 N–H and O–H groups in total. The first-order chi connectivity index (χ1) is 22.5. The van der Waals surface area contributed by atoms with E-state index in [0.29, 0.717) is 19.3 Å². The predicted molar refractivity (Wildman–Crippen MR) is 154 cm³/mol. The summed E-state index contributed by atoms with van der Waals surface area (Å²) in [6.45, 7) is -0.316. The number of hydrogen-bond donors (Lipinski definition) is 8. The van der Waals surface area contributed by atoms with E-state index in [1.165, 1.54) is 10.9 Å². The lowest BCUT2D eigenvalue weighted by molar-refractivity contribution is -0.315. The van der Waals surface area contributed by atoms with E-state index in [1.54, 1.807) is 0 Å². The van der Waals surface area contributed by atoms with Crippen LogP contribution >= 0.6 is 23.5 Å². The van der Waals surface area contributed by atoms with Crippen molar-refractivity contribution in [2.45, 2.75) is 80.9 Å². The number of phosphoric acid groups is 3. The smallest absolute Gasteiger partial charge is 0.385 e. The normalized spacial score (nSPS) is 33.4. The summed E-state index contributed by atoms with van der Waals surface area (Å²) in [5.41, 5.74) is 6.12. The van der Waals surface area contributed by atoms with Crippen LogP contribution in [-0.4, -0.2) is 129 Å². The summed E-state index contributed by atoms with van der Waals surface area (Å²) >= 11 is 0. The molecule has 3 aliphatic heterocycles. The molecule has 0 aliphatic carbocycles. The molecule has 0 unspecified atom stereocenters. The van der Waals surface area contributed by atoms with Gasteiger partial charge in [-0.2, -0.15) is 0 Å². The molecule has 9 atom stereocenters. The molecule has 2 aromatic heterocycles. The highest BCUT2D eigenvalue weighted by Crippen LogP contribution is 2.49. The van der Waals surface area contributed by atoms with Gasteiger partial charge in [-0.1, -0.05) is 12.8 Å². The van der Waals surface area contributed by atoms with Gasteiger partial charge in [-0.25, -0.2) is 28.6 Å². The number of nitrogen functional groups attached to an aromatic ring is 1. The van der Waals surface area contributed by atoms with Crippen LogP contribution in [0.3, 0.4) is 0 Å². The van der Waals surface area contributed by atoms with Crippen LogP contribution in [0.2, 0.25) is 0 Å². The van der Waals surface area contributed by atoms with Crippen LogP contribution < -0.4 is 5.73 Å². The standard InChI is InChI=1S/C22H36N5O18P3/c23-19-13-20(25-9-24-19)27(10-26-13)21-18(45-48(35,36)37)15-11(40-21)7-38-5-3-1-2-4-6-39-8-12-16(43-46(29,30)31)17(44-47(32,33)34)14(28)22(41-12)42-15/h9-12,14-18,21-22,28H,1-8H2,(H2,23,24,25)(H2,29,30,31)(H2,32,33,34)(H2,35,36,37)/t11-,12-,14-,15-,16-,17-,18-,21-,22-/m1/s1. The lowest BCUT2D eigenvalue weighted by Crippen LogP contribution is -2.62. The topological polar surface area (TPSA) is 336 Å². The Morgan fingerprint density at radius 3 is 1.96 bits per heavy atom. The molecule has 3 fully saturated rings. The molecule has 23 nitrogen and oxygen atoms in total. The van der Waals surface area contributed by atoms with Crippen molar-refractivity contribution < 1.29 is 85.4 Å². The Hall–Kier alpha value is -1.56. The molecule has 5 heterocycles. The first-order valence-electron chi connectivity index (χ1n) is 14.5. The van der Waals surface area contributed by atoms with Crippen molar-refractivity contribution in [3.8, 4) is 0 Å². The molecule has 26 heteroatoms. The molecule has 0 spiro atoms. The van der Waals surface area contributed by atoms with E-state index in [0.717, 1.165) is 12.7 Å². The van der Waals surface area contributed by atoms with E-state index in [4.69, 9.17) is 43.0 Å². The highest BCUT2D eigenvalue weighted by Gasteiger charge is 2.56. The van der Waals surface area contributed by atoms with E-state index in [-0.39, 0.29) is 36.8 Å². The van der Waals surface area contributed by atoms with Crippen molar-refractivity contribution >= 4 is 40.4 Å². The largest absolute Gasteiger partial charge is 0.470 e. The molecule has 5 rings (SSSR count). The van der Waals surface area contributed by atoms with Gasteiger partial charge < -0.3 is 63.9 Å². The van der Waals surface area contributed by atoms with E-state index < -0.39 is 85.3 Å². The SMILES string of the molecule is Nc1ncnc2c1ncn2[C@@H]1O[C@@H]2COCCCCCCOC[C@H]3O[C@H](O[C@H]2[C@H]1OP(=O)(O)O)[C@H](O)[C@@H](OP(=O)(O)O)[C@@H]3OP(=O)(O)O. The third-order valence-electron chi connectivity index (χ3n) is 7.52. The molecule has 272 valence electrons. The zero-order chi connectivity index (χ0) is 34.9. The van der Waals surface area contributed by atoms with Crippen LogP contribution in [-0.2, 0) is 51.0 Å². The highest BCUT2D eigenvalue weighted by molar-refractivity contribution is 7.46. The zero-order valence-corrected chi connectivity index (χ0v) is 27.5. The van der Waals surface area contributed by atoms with Crippen LogP contribution in [0, 0.1) is 0 Å². The van der Waals surface area contributed by atoms with Crippen molar-refractivity contribution in [3.63, 3.8) is 0 Å². The number of imidazole rings is 1. The first-order valence-corrected chi connectivity index (χ1v) is 19.0. The Kier molecular flexibility index (Phi) is 12.1. The Bertz CT molecular complexity index is 1530. The van der Waals surface area contributed by atoms with Crippen LogP contribution in [0.1, 0.15) is 31.9 Å². The van der Waals surface area contributed by atoms with Gasteiger partial charge >= 0.3 is 23.5 Å². The summed E-state index contributed by atoms with van der Waals surface area (Å²) < 4.78 is 81.3. The second-order valence-electron chi connectivity index (χ2n) is 11.0. The summed E-state index contributed by atoms with van der Waals surface area (Å²) in [5, 5.41) is 11.3. The Morgan fingerprint density at radius 2 is 1.33 bits per heavy atom. The minimum absolute atomic E-state index is 0.00981. The van der Waals surface area contributed by atoms with Crippen molar-refractivity contribution in [2.75, 3.05) is 32.2 Å². The van der Waals surface area contributed by atoms with Gasteiger partial charge in [0.05, 0.1) is 19.5 Å². The Morgan fingerprint density at radius 1 is 0.750 bits per heavy atom. The molecule has 48 heavy (non-hydrogen) atoms. The lowest BCUT2D eigenvalue weighted by Gasteiger charge is -2.44. The predicted octanol–water partition coefficient (Wildman–Crippen LogP) is -1.18. The highest BCUT2D eigenvalue weighted by atomic mass is 31.2. The third-order valence-corrected chi connectivity index (χ3v) is 9.08. The minimum atomic E-state index is -5.48. The van der Waals surface area contributed by atoms with Gasteiger partial charge in [-0.3, -0.25) is 18.1 Å². The third kappa shape index (κ3) is 9.60. The number of ether oxygens (including phenoxy) is 5. The van der Waals surface area contributed by atoms with Gasteiger partial charge in [0.15, 0.2) is 24.0 Å². The molecule has 2 bridgehead atoms. The van der Waals surface area contributed by atoms with Gasteiger partial charge in [0.2, 0.25) is 0 Å². The maximum atomic E-state index is 12.3. The summed E-state index contributed by atoms with van der Waals surface area (Å²) in [5.74, 6) is -0.00981. The fourth-order valence-electron chi connectivity index (χ4n) is 5.58. The number of rotatable bonds is 7. The number of phosphoric ester groups is 3. The molecule has 0 aromatic carbocycles. The van der Waals surface area contributed by atoms with Crippen molar-refractivity contribution in [3.05, 3.63) is 12.7 Å². The molecule has 0 amide bonds. The van der Waals surface area contributed by atoms with Crippen molar-refractivity contribution in [1.29, 1.82) is 0 Å². The fourth-order valence-corrected chi connectivity index (χ4v) is 7.25. The molecular weight excluding hydrogens is 715 g/mol. The quantitative estimate of drug-likeness (QED) is 0.154. The first kappa shape index (κ1) is 37.7. The molecule has 0 saturated carbocycles. The molecule has 0 radical (unpaired) electrons. The zero-order valence-electron chi connectivity index (χ0n) is 24.8. The maximum absolute atomic E-state index is 12.3. The van der Waals surface area contributed by atoms with Gasteiger partial charge in [-0.15, -0.1) is 0 Å². The monoisotopic (exact) mass is 751 g/mol. The van der Waals surface area contributed by atoms with Gasteiger partial charge in [0.1, 0.15) is 54.6 Å². The minimum Gasteiger partial charge on any atom is -0.385 e. The number of aliphatic hydroxyl groups excluding tert-OH is 1. The number of hydrogen-bond acceptors (Lipinski definition) is 16. The average molecular weight is 751 g/mol. The molecule has 3 saturated heterocycles. The van der Waals surface area contributed by atoms with E-state index >= 15 is 0 Å². The fraction of sp³-hybridized carbons (Fsp3) is 0.773. The lowest BCUT2D eigenvalue weighted by atomic mass is 9.99. The van der Waals surface area contributed by atoms with E-state index in [2.05, 4.69) is 15.0 Å². The molecular formula is C22H36N5O18P3. The number of nitrogens with two attached hydrogens (primary N) is 1. The maximum Gasteiger partial charge on any atom is 0.470 e. The van der Waals surface area contributed by atoms with Gasteiger partial charge in [0.25, 0.3) is 0 Å². The van der Waals surface area contributed by atoms with Crippen molar-refractivity contribution in [1.82, 2.24) is 19.5 Å². The molecule has 3 aliphatic rings. The van der Waals surface area contributed by atoms with E-state index in [1.807, 2.05) is 0 Å².